The first-order valence-corrected chi connectivity index (χ1v) is 7.98. The summed E-state index contributed by atoms with van der Waals surface area (Å²) < 4.78 is 7.01. The van der Waals surface area contributed by atoms with Gasteiger partial charge in [0.2, 0.25) is 0 Å². The molecule has 2 aromatic carbocycles. The van der Waals surface area contributed by atoms with Crippen molar-refractivity contribution in [3.63, 3.8) is 0 Å². The quantitative estimate of drug-likeness (QED) is 0.726. The van der Waals surface area contributed by atoms with E-state index in [1.54, 1.807) is 19.4 Å². The number of nitrogens with one attached hydrogen (secondary N) is 2. The number of hydrogen-bond donors (Lipinski definition) is 2. The number of benzene rings is 2. The molecule has 1 heterocycles. The first kappa shape index (κ1) is 16.6. The highest BCUT2D eigenvalue weighted by Gasteiger charge is 2.06. The second-order valence-electron chi connectivity index (χ2n) is 5.51. The Hall–Kier alpha value is -3.28. The third-order valence-electron chi connectivity index (χ3n) is 3.78. The zero-order valence-corrected chi connectivity index (χ0v) is 14.0. The molecule has 3 aromatic rings. The molecule has 0 spiro atoms. The van der Waals surface area contributed by atoms with Crippen molar-refractivity contribution in [1.82, 2.24) is 15.1 Å². The van der Waals surface area contributed by atoms with Crippen LogP contribution in [-0.2, 0) is 13.1 Å². The second kappa shape index (κ2) is 8.01. The Labute approximate surface area is 146 Å². The number of rotatable bonds is 6. The van der Waals surface area contributed by atoms with E-state index in [2.05, 4.69) is 15.7 Å². The average molecular weight is 336 g/mol. The van der Waals surface area contributed by atoms with Crippen LogP contribution < -0.4 is 15.4 Å². The fraction of sp³-hybridized carbons (Fsp3) is 0.158. The van der Waals surface area contributed by atoms with Gasteiger partial charge in [0.15, 0.2) is 0 Å². The van der Waals surface area contributed by atoms with Gasteiger partial charge in [-0.15, -0.1) is 0 Å². The Bertz CT molecular complexity index is 831. The fourth-order valence-corrected chi connectivity index (χ4v) is 2.50. The fourth-order valence-electron chi connectivity index (χ4n) is 2.50. The number of ether oxygens (including phenoxy) is 1. The molecule has 0 atom stereocenters. The van der Waals surface area contributed by atoms with Crippen molar-refractivity contribution < 1.29 is 9.53 Å². The Kier molecular flexibility index (Phi) is 5.31. The van der Waals surface area contributed by atoms with Gasteiger partial charge in [0.25, 0.3) is 0 Å². The largest absolute Gasteiger partial charge is 0.497 e. The van der Waals surface area contributed by atoms with Crippen molar-refractivity contribution in [2.75, 3.05) is 12.4 Å². The van der Waals surface area contributed by atoms with Gasteiger partial charge in [0, 0.05) is 30.7 Å². The van der Waals surface area contributed by atoms with Crippen LogP contribution in [0.2, 0.25) is 0 Å². The Morgan fingerprint density at radius 2 is 1.96 bits per heavy atom. The first-order valence-electron chi connectivity index (χ1n) is 7.98. The average Bonchev–Trinajstić information content (AvgIpc) is 3.14. The van der Waals surface area contributed by atoms with Crippen LogP contribution in [0.3, 0.4) is 0 Å². The number of hydrogen-bond acceptors (Lipinski definition) is 3. The molecule has 0 unspecified atom stereocenters. The summed E-state index contributed by atoms with van der Waals surface area (Å²) in [4.78, 5) is 12.1. The van der Waals surface area contributed by atoms with Crippen LogP contribution in [0.4, 0.5) is 10.5 Å². The normalized spacial score (nSPS) is 10.3. The van der Waals surface area contributed by atoms with Crippen LogP contribution in [0, 0.1) is 0 Å². The third kappa shape index (κ3) is 4.60. The van der Waals surface area contributed by atoms with Crippen molar-refractivity contribution >= 4 is 11.7 Å². The van der Waals surface area contributed by atoms with E-state index in [9.17, 15) is 4.79 Å². The molecule has 1 aromatic heterocycles. The van der Waals surface area contributed by atoms with E-state index in [-0.39, 0.29) is 6.03 Å². The molecule has 25 heavy (non-hydrogen) atoms. The predicted molar refractivity (Wildman–Crippen MR) is 96.6 cm³/mol. The molecule has 0 aliphatic rings. The maximum Gasteiger partial charge on any atom is 0.319 e. The third-order valence-corrected chi connectivity index (χ3v) is 3.78. The summed E-state index contributed by atoms with van der Waals surface area (Å²) in [6.45, 7) is 1.11. The zero-order valence-electron chi connectivity index (χ0n) is 14.0. The number of carbonyl (C=O) groups excluding carboxylic acids is 1. The van der Waals surface area contributed by atoms with Gasteiger partial charge in [-0.1, -0.05) is 30.3 Å². The van der Waals surface area contributed by atoms with E-state index < -0.39 is 0 Å². The maximum atomic E-state index is 12.1. The van der Waals surface area contributed by atoms with E-state index in [4.69, 9.17) is 4.74 Å². The van der Waals surface area contributed by atoms with Crippen LogP contribution in [-0.4, -0.2) is 22.9 Å². The van der Waals surface area contributed by atoms with Gasteiger partial charge in [-0.25, -0.2) is 4.79 Å². The lowest BCUT2D eigenvalue weighted by Gasteiger charge is -2.12. The molecule has 0 saturated heterocycles. The van der Waals surface area contributed by atoms with E-state index in [1.807, 2.05) is 59.4 Å². The van der Waals surface area contributed by atoms with Gasteiger partial charge in [-0.2, -0.15) is 5.10 Å². The van der Waals surface area contributed by atoms with E-state index >= 15 is 0 Å². The Morgan fingerprint density at radius 3 is 2.72 bits per heavy atom. The standard InChI is InChI=1S/C19H20N4O2/c1-25-18-9-4-8-17(12-18)22-19(24)20-13-15-6-2-3-7-16(15)14-23-11-5-10-21-23/h2-12H,13-14H2,1H3,(H2,20,22,24). The van der Waals surface area contributed by atoms with Gasteiger partial charge in [0.1, 0.15) is 5.75 Å². The minimum atomic E-state index is -0.262. The molecule has 3 rings (SSSR count). The molecule has 0 saturated carbocycles. The molecule has 0 bridgehead atoms. The van der Waals surface area contributed by atoms with Gasteiger partial charge < -0.3 is 15.4 Å². The molecule has 6 heteroatoms. The van der Waals surface area contributed by atoms with E-state index in [1.165, 1.54) is 0 Å². The molecular formula is C19H20N4O2. The molecule has 0 radical (unpaired) electrons. The molecular weight excluding hydrogens is 316 g/mol. The van der Waals surface area contributed by atoms with Gasteiger partial charge in [-0.3, -0.25) is 4.68 Å². The van der Waals surface area contributed by atoms with Crippen LogP contribution in [0.5, 0.6) is 5.75 Å². The Morgan fingerprint density at radius 1 is 1.12 bits per heavy atom. The lowest BCUT2D eigenvalue weighted by Crippen LogP contribution is -2.28. The first-order chi connectivity index (χ1) is 12.2. The van der Waals surface area contributed by atoms with Crippen molar-refractivity contribution in [3.8, 4) is 5.75 Å². The minimum absolute atomic E-state index is 0.262. The van der Waals surface area contributed by atoms with Gasteiger partial charge in [0.05, 0.1) is 13.7 Å². The molecule has 0 aliphatic carbocycles. The maximum absolute atomic E-state index is 12.1. The number of carbonyl (C=O) groups is 1. The predicted octanol–water partition coefficient (Wildman–Crippen LogP) is 3.26. The summed E-state index contributed by atoms with van der Waals surface area (Å²) in [5, 5.41) is 9.91. The molecule has 6 nitrogen and oxygen atoms in total. The lowest BCUT2D eigenvalue weighted by atomic mass is 10.1. The van der Waals surface area contributed by atoms with Crippen molar-refractivity contribution in [1.29, 1.82) is 0 Å². The number of amides is 2. The number of urea groups is 1. The monoisotopic (exact) mass is 336 g/mol. The second-order valence-corrected chi connectivity index (χ2v) is 5.51. The van der Waals surface area contributed by atoms with Crippen molar-refractivity contribution in [3.05, 3.63) is 78.1 Å². The van der Waals surface area contributed by atoms with Crippen LogP contribution in [0.15, 0.2) is 67.0 Å². The van der Waals surface area contributed by atoms with Crippen LogP contribution in [0.25, 0.3) is 0 Å². The van der Waals surface area contributed by atoms with E-state index in [0.29, 0.717) is 24.5 Å². The Balaban J connectivity index is 1.60. The number of aromatic nitrogens is 2. The summed E-state index contributed by atoms with van der Waals surface area (Å²) in [7, 11) is 1.59. The SMILES string of the molecule is COc1cccc(NC(=O)NCc2ccccc2Cn2cccn2)c1. The zero-order chi connectivity index (χ0) is 17.5. The number of methoxy groups -OCH3 is 1. The highest BCUT2D eigenvalue weighted by molar-refractivity contribution is 5.89. The van der Waals surface area contributed by atoms with Crippen LogP contribution in [0.1, 0.15) is 11.1 Å². The summed E-state index contributed by atoms with van der Waals surface area (Å²) in [5.74, 6) is 0.697. The van der Waals surface area contributed by atoms with E-state index in [0.717, 1.165) is 11.1 Å². The molecule has 128 valence electrons. The van der Waals surface area contributed by atoms with Crippen molar-refractivity contribution in [2.45, 2.75) is 13.1 Å². The highest BCUT2D eigenvalue weighted by Crippen LogP contribution is 2.16. The summed E-state index contributed by atoms with van der Waals surface area (Å²) >= 11 is 0. The van der Waals surface area contributed by atoms with Gasteiger partial charge >= 0.3 is 6.03 Å². The summed E-state index contributed by atoms with van der Waals surface area (Å²) in [6.07, 6.45) is 3.67. The minimum Gasteiger partial charge on any atom is -0.497 e. The number of anilines is 1. The molecule has 2 N–H and O–H groups in total. The van der Waals surface area contributed by atoms with Crippen molar-refractivity contribution in [2.24, 2.45) is 0 Å². The van der Waals surface area contributed by atoms with Crippen LogP contribution >= 0.6 is 0 Å². The number of nitrogens with zero attached hydrogens (tertiary/aromatic N) is 2. The molecule has 2 amide bonds. The highest BCUT2D eigenvalue weighted by atomic mass is 16.5. The lowest BCUT2D eigenvalue weighted by molar-refractivity contribution is 0.251. The molecule has 0 aliphatic heterocycles. The molecule has 0 fully saturated rings. The summed E-state index contributed by atoms with van der Waals surface area (Å²) in [5.41, 5.74) is 2.85. The van der Waals surface area contributed by atoms with Gasteiger partial charge in [-0.05, 0) is 29.3 Å². The smallest absolute Gasteiger partial charge is 0.319 e. The summed E-state index contributed by atoms with van der Waals surface area (Å²) in [6, 6.07) is 16.9. The topological polar surface area (TPSA) is 68.2 Å².